The van der Waals surface area contributed by atoms with Gasteiger partial charge in [-0.15, -0.1) is 0 Å². The van der Waals surface area contributed by atoms with Crippen molar-refractivity contribution in [2.75, 3.05) is 30.5 Å². The topological polar surface area (TPSA) is 47.0 Å². The van der Waals surface area contributed by atoms with Crippen LogP contribution in [0.5, 0.6) is 5.88 Å². The summed E-state index contributed by atoms with van der Waals surface area (Å²) in [7, 11) is 0. The number of aromatic nitrogens is 2. The Morgan fingerprint density at radius 2 is 2.33 bits per heavy atom. The number of ether oxygens (including phenoxy) is 1. The van der Waals surface area contributed by atoms with E-state index in [2.05, 4.69) is 28.5 Å². The van der Waals surface area contributed by atoms with Crippen molar-refractivity contribution in [2.24, 2.45) is 0 Å². The highest BCUT2D eigenvalue weighted by atomic mass is 32.2. The summed E-state index contributed by atoms with van der Waals surface area (Å²) in [4.78, 5) is 8.13. The van der Waals surface area contributed by atoms with E-state index in [0.29, 0.717) is 12.5 Å². The molecule has 1 heterocycles. The van der Waals surface area contributed by atoms with Crippen LogP contribution in [0, 0.1) is 0 Å². The third kappa shape index (κ3) is 4.88. The molecule has 0 aliphatic rings. The first-order valence-electron chi connectivity index (χ1n) is 5.04. The Balaban J connectivity index is 2.42. The number of thioether (sulfide) groups is 1. The molecule has 0 aromatic carbocycles. The average Bonchev–Trinajstić information content (AvgIpc) is 2.27. The lowest BCUT2D eigenvalue weighted by atomic mass is 10.5. The molecule has 0 bridgehead atoms. The quantitative estimate of drug-likeness (QED) is 0.722. The second-order valence-corrected chi connectivity index (χ2v) is 4.00. The summed E-state index contributed by atoms with van der Waals surface area (Å²) in [5.74, 6) is 2.53. The Kier molecular flexibility index (Phi) is 5.92. The van der Waals surface area contributed by atoms with E-state index in [0.717, 1.165) is 24.5 Å². The molecule has 0 fully saturated rings. The van der Waals surface area contributed by atoms with E-state index in [9.17, 15) is 0 Å². The predicted octanol–water partition coefficient (Wildman–Crippen LogP) is 2.04. The van der Waals surface area contributed by atoms with Gasteiger partial charge in [-0.3, -0.25) is 0 Å². The number of hydrogen-bond acceptors (Lipinski definition) is 5. The molecule has 4 nitrogen and oxygen atoms in total. The largest absolute Gasteiger partial charge is 0.478 e. The van der Waals surface area contributed by atoms with Crippen molar-refractivity contribution in [1.29, 1.82) is 0 Å². The van der Waals surface area contributed by atoms with Crippen LogP contribution in [0.3, 0.4) is 0 Å². The van der Waals surface area contributed by atoms with E-state index in [1.54, 1.807) is 11.8 Å². The molecule has 0 amide bonds. The van der Waals surface area contributed by atoms with Crippen LogP contribution in [-0.4, -0.2) is 35.1 Å². The van der Waals surface area contributed by atoms with Gasteiger partial charge in [-0.2, -0.15) is 11.8 Å². The summed E-state index contributed by atoms with van der Waals surface area (Å²) in [6.45, 7) is 3.67. The van der Waals surface area contributed by atoms with Gasteiger partial charge in [0.05, 0.1) is 6.61 Å². The molecular weight excluding hydrogens is 210 g/mol. The number of nitrogens with zero attached hydrogens (tertiary/aromatic N) is 2. The molecule has 1 N–H and O–H groups in total. The van der Waals surface area contributed by atoms with Gasteiger partial charge in [0.2, 0.25) is 5.88 Å². The van der Waals surface area contributed by atoms with E-state index in [1.807, 2.05) is 6.07 Å². The highest BCUT2D eigenvalue weighted by Crippen LogP contribution is 2.10. The van der Waals surface area contributed by atoms with Crippen LogP contribution in [0.1, 0.15) is 13.3 Å². The monoisotopic (exact) mass is 227 g/mol. The SMILES string of the molecule is CCCOc1cc(NCCSC)ncn1. The smallest absolute Gasteiger partial charge is 0.218 e. The number of rotatable bonds is 7. The average molecular weight is 227 g/mol. The van der Waals surface area contributed by atoms with E-state index in [4.69, 9.17) is 4.74 Å². The van der Waals surface area contributed by atoms with Gasteiger partial charge in [0.15, 0.2) is 0 Å². The molecule has 84 valence electrons. The Morgan fingerprint density at radius 1 is 1.47 bits per heavy atom. The van der Waals surface area contributed by atoms with Crippen LogP contribution in [0.4, 0.5) is 5.82 Å². The van der Waals surface area contributed by atoms with Crippen molar-refractivity contribution in [3.63, 3.8) is 0 Å². The summed E-state index contributed by atoms with van der Waals surface area (Å²) in [6, 6.07) is 1.83. The van der Waals surface area contributed by atoms with Gasteiger partial charge < -0.3 is 10.1 Å². The Bertz CT molecular complexity index is 283. The Hall–Kier alpha value is -0.970. The summed E-state index contributed by atoms with van der Waals surface area (Å²) in [5, 5.41) is 3.21. The van der Waals surface area contributed by atoms with Gasteiger partial charge >= 0.3 is 0 Å². The number of anilines is 1. The minimum Gasteiger partial charge on any atom is -0.478 e. The van der Waals surface area contributed by atoms with E-state index in [-0.39, 0.29) is 0 Å². The van der Waals surface area contributed by atoms with Crippen molar-refractivity contribution >= 4 is 17.6 Å². The predicted molar refractivity (Wildman–Crippen MR) is 64.7 cm³/mol. The van der Waals surface area contributed by atoms with Crippen LogP contribution in [0.15, 0.2) is 12.4 Å². The number of hydrogen-bond donors (Lipinski definition) is 1. The highest BCUT2D eigenvalue weighted by molar-refractivity contribution is 7.98. The lowest BCUT2D eigenvalue weighted by Crippen LogP contribution is -2.06. The normalized spacial score (nSPS) is 10.0. The molecule has 1 aromatic rings. The maximum absolute atomic E-state index is 5.41. The van der Waals surface area contributed by atoms with Crippen molar-refractivity contribution in [2.45, 2.75) is 13.3 Å². The highest BCUT2D eigenvalue weighted by Gasteiger charge is 1.98. The first kappa shape index (κ1) is 12.1. The summed E-state index contributed by atoms with van der Waals surface area (Å²) >= 11 is 1.80. The fourth-order valence-electron chi connectivity index (χ4n) is 1.00. The molecule has 0 saturated carbocycles. The van der Waals surface area contributed by atoms with Crippen LogP contribution in [0.25, 0.3) is 0 Å². The van der Waals surface area contributed by atoms with E-state index in [1.165, 1.54) is 6.33 Å². The Labute approximate surface area is 94.8 Å². The molecular formula is C10H17N3OS. The van der Waals surface area contributed by atoms with Crippen LogP contribution in [-0.2, 0) is 0 Å². The molecule has 5 heteroatoms. The zero-order chi connectivity index (χ0) is 10.9. The fraction of sp³-hybridized carbons (Fsp3) is 0.600. The van der Waals surface area contributed by atoms with Gasteiger partial charge in [-0.1, -0.05) is 6.92 Å². The minimum atomic E-state index is 0.638. The zero-order valence-corrected chi connectivity index (χ0v) is 10.0. The van der Waals surface area contributed by atoms with Crippen molar-refractivity contribution < 1.29 is 4.74 Å². The van der Waals surface area contributed by atoms with E-state index >= 15 is 0 Å². The third-order valence-electron chi connectivity index (χ3n) is 1.71. The second kappa shape index (κ2) is 7.34. The van der Waals surface area contributed by atoms with E-state index < -0.39 is 0 Å². The van der Waals surface area contributed by atoms with Crippen molar-refractivity contribution in [3.05, 3.63) is 12.4 Å². The zero-order valence-electron chi connectivity index (χ0n) is 9.19. The standard InChI is InChI=1S/C10H17N3OS/c1-3-5-14-10-7-9(12-8-13-10)11-4-6-15-2/h7-8H,3-6H2,1-2H3,(H,11,12,13). The molecule has 15 heavy (non-hydrogen) atoms. The minimum absolute atomic E-state index is 0.638. The van der Waals surface area contributed by atoms with Crippen LogP contribution >= 0.6 is 11.8 Å². The first-order valence-corrected chi connectivity index (χ1v) is 6.44. The molecule has 0 aliphatic heterocycles. The molecule has 1 rings (SSSR count). The summed E-state index contributed by atoms with van der Waals surface area (Å²) < 4.78 is 5.41. The molecule has 0 atom stereocenters. The van der Waals surface area contributed by atoms with Crippen molar-refractivity contribution in [3.8, 4) is 5.88 Å². The van der Waals surface area contributed by atoms with Gasteiger partial charge in [0.1, 0.15) is 12.1 Å². The van der Waals surface area contributed by atoms with Gasteiger partial charge in [-0.25, -0.2) is 9.97 Å². The third-order valence-corrected chi connectivity index (χ3v) is 2.32. The van der Waals surface area contributed by atoms with Gasteiger partial charge in [-0.05, 0) is 12.7 Å². The summed E-state index contributed by atoms with van der Waals surface area (Å²) in [6.07, 6.45) is 4.59. The second-order valence-electron chi connectivity index (χ2n) is 3.01. The maximum atomic E-state index is 5.41. The van der Waals surface area contributed by atoms with Gasteiger partial charge in [0.25, 0.3) is 0 Å². The molecule has 0 radical (unpaired) electrons. The first-order chi connectivity index (χ1) is 7.36. The molecule has 0 spiro atoms. The van der Waals surface area contributed by atoms with Crippen LogP contribution < -0.4 is 10.1 Å². The molecule has 1 aromatic heterocycles. The number of nitrogens with one attached hydrogen (secondary N) is 1. The molecule has 0 unspecified atom stereocenters. The lowest BCUT2D eigenvalue weighted by molar-refractivity contribution is 0.305. The van der Waals surface area contributed by atoms with Crippen LogP contribution in [0.2, 0.25) is 0 Å². The van der Waals surface area contributed by atoms with Crippen molar-refractivity contribution in [1.82, 2.24) is 9.97 Å². The Morgan fingerprint density at radius 3 is 3.07 bits per heavy atom. The fourth-order valence-corrected chi connectivity index (χ4v) is 1.31. The lowest BCUT2D eigenvalue weighted by Gasteiger charge is -2.06. The van der Waals surface area contributed by atoms with Gasteiger partial charge in [0, 0.05) is 18.4 Å². The summed E-state index contributed by atoms with van der Waals surface area (Å²) in [5.41, 5.74) is 0. The maximum Gasteiger partial charge on any atom is 0.218 e. The molecule has 0 saturated heterocycles. The molecule has 0 aliphatic carbocycles.